The summed E-state index contributed by atoms with van der Waals surface area (Å²) in [6, 6.07) is 9.84. The van der Waals surface area contributed by atoms with Crippen LogP contribution in [-0.4, -0.2) is 31.1 Å². The highest BCUT2D eigenvalue weighted by atomic mass is 19.1. The second-order valence-corrected chi connectivity index (χ2v) is 6.79. The van der Waals surface area contributed by atoms with Gasteiger partial charge in [0.15, 0.2) is 6.10 Å². The highest BCUT2D eigenvalue weighted by Gasteiger charge is 2.27. The lowest BCUT2D eigenvalue weighted by Gasteiger charge is -2.26. The van der Waals surface area contributed by atoms with Crippen LogP contribution in [0.5, 0.6) is 5.75 Å². The Kier molecular flexibility index (Phi) is 4.43. The molecule has 3 amide bonds. The minimum Gasteiger partial charge on any atom is -0.480 e. The molecule has 0 saturated carbocycles. The number of aryl methyl sites for hydroxylation is 2. The molecule has 0 aromatic heterocycles. The zero-order chi connectivity index (χ0) is 19.0. The SMILES string of the molecule is Cc1ccc2c(c1)CC[C@@H](C(=O)Nc1cc(N3CCNC3=O)ccc1F)O2. The van der Waals surface area contributed by atoms with Crippen molar-refractivity contribution < 1.29 is 18.7 Å². The monoisotopic (exact) mass is 369 g/mol. The van der Waals surface area contributed by atoms with Crippen LogP contribution in [0, 0.1) is 12.7 Å². The molecule has 2 aromatic carbocycles. The first-order valence-corrected chi connectivity index (χ1v) is 8.93. The number of nitrogens with zero attached hydrogens (tertiary/aromatic N) is 1. The topological polar surface area (TPSA) is 70.7 Å². The molecular weight excluding hydrogens is 349 g/mol. The normalized spacial score (nSPS) is 18.5. The maximum atomic E-state index is 14.2. The molecular formula is C20H20FN3O3. The second-order valence-electron chi connectivity index (χ2n) is 6.79. The van der Waals surface area contributed by atoms with Gasteiger partial charge in [0.1, 0.15) is 11.6 Å². The number of anilines is 2. The summed E-state index contributed by atoms with van der Waals surface area (Å²) in [7, 11) is 0. The molecule has 2 heterocycles. The van der Waals surface area contributed by atoms with Crippen molar-refractivity contribution >= 4 is 23.3 Å². The molecule has 0 spiro atoms. The fourth-order valence-corrected chi connectivity index (χ4v) is 3.41. The zero-order valence-corrected chi connectivity index (χ0v) is 14.9. The molecule has 27 heavy (non-hydrogen) atoms. The third-order valence-corrected chi connectivity index (χ3v) is 4.83. The quantitative estimate of drug-likeness (QED) is 0.874. The largest absolute Gasteiger partial charge is 0.480 e. The molecule has 2 aliphatic rings. The van der Waals surface area contributed by atoms with Crippen LogP contribution in [0.4, 0.5) is 20.6 Å². The van der Waals surface area contributed by atoms with Crippen molar-refractivity contribution in [3.8, 4) is 5.75 Å². The van der Waals surface area contributed by atoms with Crippen LogP contribution in [0.15, 0.2) is 36.4 Å². The number of hydrogen-bond acceptors (Lipinski definition) is 3. The first-order valence-electron chi connectivity index (χ1n) is 8.93. The van der Waals surface area contributed by atoms with Crippen LogP contribution in [0.25, 0.3) is 0 Å². The molecule has 2 aliphatic heterocycles. The minimum absolute atomic E-state index is 0.0375. The van der Waals surface area contributed by atoms with Crippen molar-refractivity contribution in [2.24, 2.45) is 0 Å². The number of benzene rings is 2. The van der Waals surface area contributed by atoms with E-state index in [1.807, 2.05) is 25.1 Å². The summed E-state index contributed by atoms with van der Waals surface area (Å²) in [6.07, 6.45) is 0.572. The summed E-state index contributed by atoms with van der Waals surface area (Å²) in [5, 5.41) is 5.30. The summed E-state index contributed by atoms with van der Waals surface area (Å²) < 4.78 is 20.0. The Morgan fingerprint density at radius 3 is 2.93 bits per heavy atom. The van der Waals surface area contributed by atoms with Crippen LogP contribution >= 0.6 is 0 Å². The summed E-state index contributed by atoms with van der Waals surface area (Å²) in [4.78, 5) is 25.9. The number of hydrogen-bond donors (Lipinski definition) is 2. The van der Waals surface area contributed by atoms with Gasteiger partial charge in [0.05, 0.1) is 5.69 Å². The summed E-state index contributed by atoms with van der Waals surface area (Å²) >= 11 is 0. The summed E-state index contributed by atoms with van der Waals surface area (Å²) in [5.74, 6) is -0.267. The van der Waals surface area contributed by atoms with Gasteiger partial charge in [0.2, 0.25) is 0 Å². The number of carbonyl (C=O) groups excluding carboxylic acids is 2. The van der Waals surface area contributed by atoms with Gasteiger partial charge in [-0.05, 0) is 49.6 Å². The van der Waals surface area contributed by atoms with Crippen LogP contribution < -0.4 is 20.3 Å². The number of halogens is 1. The first kappa shape index (κ1) is 17.3. The van der Waals surface area contributed by atoms with E-state index in [4.69, 9.17) is 4.74 Å². The number of fused-ring (bicyclic) bond motifs is 1. The van der Waals surface area contributed by atoms with E-state index in [1.165, 1.54) is 23.1 Å². The van der Waals surface area contributed by atoms with Crippen LogP contribution in [0.2, 0.25) is 0 Å². The van der Waals surface area contributed by atoms with E-state index in [1.54, 1.807) is 0 Å². The van der Waals surface area contributed by atoms with Crippen molar-refractivity contribution in [1.29, 1.82) is 0 Å². The Labute approximate surface area is 156 Å². The van der Waals surface area contributed by atoms with Gasteiger partial charge in [-0.1, -0.05) is 17.7 Å². The van der Waals surface area contributed by atoms with Gasteiger partial charge in [-0.2, -0.15) is 0 Å². The Morgan fingerprint density at radius 2 is 2.15 bits per heavy atom. The highest BCUT2D eigenvalue weighted by molar-refractivity contribution is 5.97. The summed E-state index contributed by atoms with van der Waals surface area (Å²) in [6.45, 7) is 3.04. The van der Waals surface area contributed by atoms with E-state index >= 15 is 0 Å². The molecule has 2 aromatic rings. The van der Waals surface area contributed by atoms with E-state index in [0.29, 0.717) is 30.9 Å². The molecule has 1 atom stereocenters. The van der Waals surface area contributed by atoms with Crippen LogP contribution in [-0.2, 0) is 11.2 Å². The van der Waals surface area contributed by atoms with E-state index in [9.17, 15) is 14.0 Å². The molecule has 140 valence electrons. The zero-order valence-electron chi connectivity index (χ0n) is 14.9. The van der Waals surface area contributed by atoms with Gasteiger partial charge >= 0.3 is 6.03 Å². The van der Waals surface area contributed by atoms with Crippen molar-refractivity contribution in [1.82, 2.24) is 5.32 Å². The van der Waals surface area contributed by atoms with Gasteiger partial charge in [-0.15, -0.1) is 0 Å². The lowest BCUT2D eigenvalue weighted by Crippen LogP contribution is -2.36. The molecule has 4 rings (SSSR count). The first-order chi connectivity index (χ1) is 13.0. The third kappa shape index (κ3) is 3.45. The molecule has 7 heteroatoms. The number of nitrogens with one attached hydrogen (secondary N) is 2. The van der Waals surface area contributed by atoms with Gasteiger partial charge in [0, 0.05) is 18.8 Å². The van der Waals surface area contributed by atoms with E-state index in [-0.39, 0.29) is 11.7 Å². The summed E-state index contributed by atoms with van der Waals surface area (Å²) in [5.41, 5.74) is 2.79. The molecule has 0 radical (unpaired) electrons. The van der Waals surface area contributed by atoms with Crippen molar-refractivity contribution in [2.75, 3.05) is 23.3 Å². The molecule has 2 N–H and O–H groups in total. The predicted molar refractivity (Wildman–Crippen MR) is 99.7 cm³/mol. The fraction of sp³-hybridized carbons (Fsp3) is 0.300. The Morgan fingerprint density at radius 1 is 1.30 bits per heavy atom. The number of rotatable bonds is 3. The van der Waals surface area contributed by atoms with E-state index in [2.05, 4.69) is 10.6 Å². The highest BCUT2D eigenvalue weighted by Crippen LogP contribution is 2.30. The molecule has 0 bridgehead atoms. The lowest BCUT2D eigenvalue weighted by atomic mass is 10.00. The number of ether oxygens (including phenoxy) is 1. The molecule has 6 nitrogen and oxygen atoms in total. The fourth-order valence-electron chi connectivity index (χ4n) is 3.41. The molecule has 1 saturated heterocycles. The number of carbonyl (C=O) groups is 2. The average molecular weight is 369 g/mol. The van der Waals surface area contributed by atoms with Crippen LogP contribution in [0.1, 0.15) is 17.5 Å². The second kappa shape index (κ2) is 6.90. The average Bonchev–Trinajstić information content (AvgIpc) is 3.09. The minimum atomic E-state index is -0.682. The standard InChI is InChI=1S/C20H20FN3O3/c1-12-2-6-17-13(10-12)3-7-18(27-17)19(25)23-16-11-14(4-5-15(16)21)24-9-8-22-20(24)26/h2,4-6,10-11,18H,3,7-9H2,1H3,(H,22,26)(H,23,25)/t18-/m0/s1. The number of amides is 3. The lowest BCUT2D eigenvalue weighted by molar-refractivity contribution is -0.123. The third-order valence-electron chi connectivity index (χ3n) is 4.83. The van der Waals surface area contributed by atoms with Crippen molar-refractivity contribution in [2.45, 2.75) is 25.9 Å². The molecule has 0 unspecified atom stereocenters. The molecule has 1 fully saturated rings. The van der Waals surface area contributed by atoms with Gasteiger partial charge < -0.3 is 15.4 Å². The van der Waals surface area contributed by atoms with E-state index in [0.717, 1.165) is 17.5 Å². The van der Waals surface area contributed by atoms with Gasteiger partial charge in [0.25, 0.3) is 5.91 Å². The Hall–Kier alpha value is -3.09. The maximum Gasteiger partial charge on any atom is 0.321 e. The van der Waals surface area contributed by atoms with Crippen molar-refractivity contribution in [3.63, 3.8) is 0 Å². The predicted octanol–water partition coefficient (Wildman–Crippen LogP) is 3.00. The Balaban J connectivity index is 1.50. The number of urea groups is 1. The van der Waals surface area contributed by atoms with E-state index < -0.39 is 17.8 Å². The Bertz CT molecular complexity index is 915. The maximum absolute atomic E-state index is 14.2. The van der Waals surface area contributed by atoms with Crippen LogP contribution in [0.3, 0.4) is 0 Å². The molecule has 0 aliphatic carbocycles. The van der Waals surface area contributed by atoms with Gasteiger partial charge in [-0.25, -0.2) is 9.18 Å². The van der Waals surface area contributed by atoms with Crippen molar-refractivity contribution in [3.05, 3.63) is 53.3 Å². The van der Waals surface area contributed by atoms with Gasteiger partial charge in [-0.3, -0.25) is 9.69 Å². The smallest absolute Gasteiger partial charge is 0.321 e.